The monoisotopic (exact) mass is 222 g/mol. The van der Waals surface area contributed by atoms with Crippen LogP contribution < -0.4 is 0 Å². The second-order valence-electron chi connectivity index (χ2n) is 3.16. The third-order valence-electron chi connectivity index (χ3n) is 1.99. The molecule has 2 aromatic rings. The van der Waals surface area contributed by atoms with Crippen LogP contribution in [0.15, 0.2) is 24.5 Å². The molecule has 0 spiro atoms. The predicted molar refractivity (Wildman–Crippen MR) is 57.7 cm³/mol. The van der Waals surface area contributed by atoms with Gasteiger partial charge >= 0.3 is 0 Å². The van der Waals surface area contributed by atoms with Crippen molar-refractivity contribution in [2.75, 3.05) is 0 Å². The molecule has 0 bridgehead atoms. The average Bonchev–Trinajstić information content (AvgIpc) is 2.69. The van der Waals surface area contributed by atoms with Crippen molar-refractivity contribution in [1.29, 1.82) is 0 Å². The standard InChI is InChI=1S/C10H11ClN4/c1-2-10-13-8(6-9(11)14-10)7-15-5-3-4-12-15/h3-6H,2,7H2,1H3. The summed E-state index contributed by atoms with van der Waals surface area (Å²) in [4.78, 5) is 8.48. The highest BCUT2D eigenvalue weighted by Gasteiger charge is 2.02. The topological polar surface area (TPSA) is 43.6 Å². The molecule has 5 heteroatoms. The SMILES string of the molecule is CCc1nc(Cl)cc(Cn2cccn2)n1. The summed E-state index contributed by atoms with van der Waals surface area (Å²) in [6, 6.07) is 3.64. The highest BCUT2D eigenvalue weighted by Crippen LogP contribution is 2.08. The van der Waals surface area contributed by atoms with Gasteiger partial charge < -0.3 is 0 Å². The van der Waals surface area contributed by atoms with Crippen LogP contribution in [-0.2, 0) is 13.0 Å². The Labute approximate surface area is 92.9 Å². The largest absolute Gasteiger partial charge is 0.267 e. The molecule has 0 saturated carbocycles. The van der Waals surface area contributed by atoms with Gasteiger partial charge in [-0.05, 0) is 12.1 Å². The molecule has 15 heavy (non-hydrogen) atoms. The van der Waals surface area contributed by atoms with Crippen LogP contribution in [0, 0.1) is 0 Å². The Morgan fingerprint density at radius 2 is 2.27 bits per heavy atom. The Kier molecular flexibility index (Phi) is 2.97. The molecule has 2 aromatic heterocycles. The van der Waals surface area contributed by atoms with E-state index in [0.29, 0.717) is 11.7 Å². The zero-order valence-corrected chi connectivity index (χ0v) is 9.15. The molecule has 0 unspecified atom stereocenters. The minimum Gasteiger partial charge on any atom is -0.267 e. The van der Waals surface area contributed by atoms with E-state index >= 15 is 0 Å². The number of hydrogen-bond acceptors (Lipinski definition) is 3. The average molecular weight is 223 g/mol. The maximum atomic E-state index is 5.89. The van der Waals surface area contributed by atoms with Gasteiger partial charge in [0.2, 0.25) is 0 Å². The zero-order valence-electron chi connectivity index (χ0n) is 8.39. The molecule has 0 amide bonds. The molecule has 0 aromatic carbocycles. The summed E-state index contributed by atoms with van der Waals surface area (Å²) in [6.45, 7) is 2.63. The number of hydrogen-bond donors (Lipinski definition) is 0. The number of aryl methyl sites for hydroxylation is 1. The first-order chi connectivity index (χ1) is 7.28. The van der Waals surface area contributed by atoms with Gasteiger partial charge in [0.05, 0.1) is 12.2 Å². The molecule has 78 valence electrons. The smallest absolute Gasteiger partial charge is 0.133 e. The summed E-state index contributed by atoms with van der Waals surface area (Å²) in [6.07, 6.45) is 4.41. The van der Waals surface area contributed by atoms with E-state index in [-0.39, 0.29) is 0 Å². The van der Waals surface area contributed by atoms with Crippen LogP contribution in [0.1, 0.15) is 18.4 Å². The van der Waals surface area contributed by atoms with Gasteiger partial charge in [-0.25, -0.2) is 9.97 Å². The molecular formula is C10H11ClN4. The van der Waals surface area contributed by atoms with E-state index in [1.54, 1.807) is 16.9 Å². The van der Waals surface area contributed by atoms with Crippen LogP contribution in [0.25, 0.3) is 0 Å². The maximum absolute atomic E-state index is 5.89. The third-order valence-corrected chi connectivity index (χ3v) is 2.19. The fourth-order valence-corrected chi connectivity index (χ4v) is 1.54. The van der Waals surface area contributed by atoms with Crippen LogP contribution in [0.3, 0.4) is 0 Å². The van der Waals surface area contributed by atoms with Gasteiger partial charge in [-0.1, -0.05) is 18.5 Å². The van der Waals surface area contributed by atoms with E-state index in [4.69, 9.17) is 11.6 Å². The molecule has 2 heterocycles. The van der Waals surface area contributed by atoms with Crippen molar-refractivity contribution in [1.82, 2.24) is 19.7 Å². The van der Waals surface area contributed by atoms with Gasteiger partial charge in [-0.15, -0.1) is 0 Å². The first-order valence-electron chi connectivity index (χ1n) is 4.77. The van der Waals surface area contributed by atoms with Gasteiger partial charge in [0.25, 0.3) is 0 Å². The van der Waals surface area contributed by atoms with Crippen molar-refractivity contribution in [2.45, 2.75) is 19.9 Å². The fraction of sp³-hybridized carbons (Fsp3) is 0.300. The van der Waals surface area contributed by atoms with E-state index < -0.39 is 0 Å². The first-order valence-corrected chi connectivity index (χ1v) is 5.15. The summed E-state index contributed by atoms with van der Waals surface area (Å²) in [7, 11) is 0. The van der Waals surface area contributed by atoms with Crippen LogP contribution in [0.5, 0.6) is 0 Å². The molecule has 0 aliphatic rings. The Bertz CT molecular complexity index is 439. The summed E-state index contributed by atoms with van der Waals surface area (Å²) < 4.78 is 1.80. The van der Waals surface area contributed by atoms with Crippen LogP contribution in [0.2, 0.25) is 5.15 Å². The van der Waals surface area contributed by atoms with E-state index in [2.05, 4.69) is 15.1 Å². The Morgan fingerprint density at radius 3 is 2.93 bits per heavy atom. The van der Waals surface area contributed by atoms with Crippen molar-refractivity contribution in [3.05, 3.63) is 41.2 Å². The molecule has 0 radical (unpaired) electrons. The van der Waals surface area contributed by atoms with Gasteiger partial charge in [0, 0.05) is 18.8 Å². The summed E-state index contributed by atoms with van der Waals surface area (Å²) in [5.74, 6) is 0.768. The maximum Gasteiger partial charge on any atom is 0.133 e. The molecule has 2 rings (SSSR count). The van der Waals surface area contributed by atoms with Crippen LogP contribution >= 0.6 is 11.6 Å². The second-order valence-corrected chi connectivity index (χ2v) is 3.54. The number of aromatic nitrogens is 4. The van der Waals surface area contributed by atoms with Crippen molar-refractivity contribution >= 4 is 11.6 Å². The molecule has 0 aliphatic heterocycles. The molecule has 0 fully saturated rings. The lowest BCUT2D eigenvalue weighted by atomic mass is 10.3. The zero-order chi connectivity index (χ0) is 10.7. The van der Waals surface area contributed by atoms with Crippen LogP contribution in [-0.4, -0.2) is 19.7 Å². The van der Waals surface area contributed by atoms with Gasteiger partial charge in [-0.2, -0.15) is 5.10 Å². The lowest BCUT2D eigenvalue weighted by molar-refractivity contribution is 0.666. The molecule has 4 nitrogen and oxygen atoms in total. The summed E-state index contributed by atoms with van der Waals surface area (Å²) >= 11 is 5.89. The van der Waals surface area contributed by atoms with E-state index in [1.807, 2.05) is 19.2 Å². The fourth-order valence-electron chi connectivity index (χ4n) is 1.32. The molecule has 0 atom stereocenters. The Balaban J connectivity index is 2.24. The highest BCUT2D eigenvalue weighted by molar-refractivity contribution is 6.29. The lowest BCUT2D eigenvalue weighted by Gasteiger charge is -2.03. The summed E-state index contributed by atoms with van der Waals surface area (Å²) in [5, 5.41) is 4.60. The lowest BCUT2D eigenvalue weighted by Crippen LogP contribution is -2.05. The third kappa shape index (κ3) is 2.53. The Morgan fingerprint density at radius 1 is 1.40 bits per heavy atom. The van der Waals surface area contributed by atoms with Crippen molar-refractivity contribution < 1.29 is 0 Å². The molecule has 0 N–H and O–H groups in total. The highest BCUT2D eigenvalue weighted by atomic mass is 35.5. The molecule has 0 aliphatic carbocycles. The number of nitrogens with zero attached hydrogens (tertiary/aromatic N) is 4. The minimum atomic E-state index is 0.490. The van der Waals surface area contributed by atoms with Crippen LogP contribution in [0.4, 0.5) is 0 Å². The number of rotatable bonds is 3. The summed E-state index contributed by atoms with van der Waals surface area (Å²) in [5.41, 5.74) is 0.885. The van der Waals surface area contributed by atoms with Crippen molar-refractivity contribution in [3.63, 3.8) is 0 Å². The van der Waals surface area contributed by atoms with Crippen molar-refractivity contribution in [2.24, 2.45) is 0 Å². The molecular weight excluding hydrogens is 212 g/mol. The van der Waals surface area contributed by atoms with E-state index in [0.717, 1.165) is 17.9 Å². The second kappa shape index (κ2) is 4.40. The van der Waals surface area contributed by atoms with Gasteiger partial charge in [0.15, 0.2) is 0 Å². The van der Waals surface area contributed by atoms with E-state index in [1.165, 1.54) is 0 Å². The number of halogens is 1. The van der Waals surface area contributed by atoms with Gasteiger partial charge in [-0.3, -0.25) is 4.68 Å². The van der Waals surface area contributed by atoms with Crippen molar-refractivity contribution in [3.8, 4) is 0 Å². The minimum absolute atomic E-state index is 0.490. The first kappa shape index (κ1) is 10.1. The normalized spacial score (nSPS) is 10.5. The van der Waals surface area contributed by atoms with Gasteiger partial charge in [0.1, 0.15) is 11.0 Å². The quantitative estimate of drug-likeness (QED) is 0.746. The molecule has 0 saturated heterocycles. The predicted octanol–water partition coefficient (Wildman–Crippen LogP) is 1.94. The van der Waals surface area contributed by atoms with E-state index in [9.17, 15) is 0 Å². The Hall–Kier alpha value is -1.42.